The molecule has 0 saturated carbocycles. The zero-order chi connectivity index (χ0) is 16.5. The third kappa shape index (κ3) is 2.39. The standard InChI is InChI=1S/C16H12N6O2/c1-10-5-6-11(14-17-9-24-21-14)8-12(10)18-16(23)15-20-19-13-4-2-3-7-22(13)15/h2-9H,1H3,(H,18,23). The number of rotatable bonds is 3. The van der Waals surface area contributed by atoms with Crippen LogP contribution in [0.4, 0.5) is 5.69 Å². The average Bonchev–Trinajstić information content (AvgIpc) is 3.26. The highest BCUT2D eigenvalue weighted by molar-refractivity contribution is 6.02. The molecule has 0 fully saturated rings. The lowest BCUT2D eigenvalue weighted by Crippen LogP contribution is -2.16. The number of amides is 1. The molecular formula is C16H12N6O2. The number of hydrogen-bond donors (Lipinski definition) is 1. The van der Waals surface area contributed by atoms with Crippen LogP contribution in [0.25, 0.3) is 17.0 Å². The highest BCUT2D eigenvalue weighted by Gasteiger charge is 2.16. The van der Waals surface area contributed by atoms with Gasteiger partial charge in [0.15, 0.2) is 5.65 Å². The number of benzene rings is 1. The molecule has 24 heavy (non-hydrogen) atoms. The third-order valence-electron chi connectivity index (χ3n) is 3.62. The van der Waals surface area contributed by atoms with Crippen LogP contribution in [0.3, 0.4) is 0 Å². The number of anilines is 1. The van der Waals surface area contributed by atoms with Crippen molar-refractivity contribution in [3.8, 4) is 11.4 Å². The fourth-order valence-electron chi connectivity index (χ4n) is 2.37. The van der Waals surface area contributed by atoms with E-state index >= 15 is 0 Å². The van der Waals surface area contributed by atoms with Crippen molar-refractivity contribution < 1.29 is 9.32 Å². The van der Waals surface area contributed by atoms with E-state index in [4.69, 9.17) is 4.52 Å². The van der Waals surface area contributed by atoms with E-state index in [-0.39, 0.29) is 11.7 Å². The molecule has 3 heterocycles. The van der Waals surface area contributed by atoms with Gasteiger partial charge in [0.2, 0.25) is 18.0 Å². The van der Waals surface area contributed by atoms with Crippen molar-refractivity contribution >= 4 is 17.2 Å². The smallest absolute Gasteiger partial charge is 0.293 e. The maximum Gasteiger partial charge on any atom is 0.293 e. The number of carbonyl (C=O) groups excluding carboxylic acids is 1. The zero-order valence-electron chi connectivity index (χ0n) is 12.7. The number of nitrogens with one attached hydrogen (secondary N) is 1. The molecule has 118 valence electrons. The fraction of sp³-hybridized carbons (Fsp3) is 0.0625. The van der Waals surface area contributed by atoms with Crippen LogP contribution in [0.15, 0.2) is 53.5 Å². The van der Waals surface area contributed by atoms with Crippen LogP contribution in [-0.4, -0.2) is 30.6 Å². The Morgan fingerprint density at radius 3 is 2.96 bits per heavy atom. The number of nitrogens with zero attached hydrogens (tertiary/aromatic N) is 5. The maximum atomic E-state index is 12.6. The number of aromatic nitrogens is 5. The molecule has 0 aliphatic carbocycles. The Hall–Kier alpha value is -3.55. The summed E-state index contributed by atoms with van der Waals surface area (Å²) < 4.78 is 6.39. The van der Waals surface area contributed by atoms with Crippen LogP contribution in [0.5, 0.6) is 0 Å². The lowest BCUT2D eigenvalue weighted by molar-refractivity contribution is 0.101. The van der Waals surface area contributed by atoms with Crippen LogP contribution in [-0.2, 0) is 0 Å². The number of carbonyl (C=O) groups is 1. The van der Waals surface area contributed by atoms with Crippen molar-refractivity contribution in [1.82, 2.24) is 24.7 Å². The van der Waals surface area contributed by atoms with Crippen molar-refractivity contribution in [2.45, 2.75) is 6.92 Å². The van der Waals surface area contributed by atoms with E-state index in [1.54, 1.807) is 22.7 Å². The van der Waals surface area contributed by atoms with Crippen molar-refractivity contribution in [2.75, 3.05) is 5.32 Å². The van der Waals surface area contributed by atoms with Gasteiger partial charge in [0.25, 0.3) is 5.91 Å². The molecule has 0 spiro atoms. The maximum absolute atomic E-state index is 12.6. The van der Waals surface area contributed by atoms with Gasteiger partial charge < -0.3 is 9.84 Å². The van der Waals surface area contributed by atoms with E-state index in [1.807, 2.05) is 31.2 Å². The molecule has 0 aliphatic rings. The van der Waals surface area contributed by atoms with Crippen LogP contribution in [0, 0.1) is 6.92 Å². The largest absolute Gasteiger partial charge is 0.342 e. The average molecular weight is 320 g/mol. The van der Waals surface area contributed by atoms with Gasteiger partial charge in [-0.2, -0.15) is 4.98 Å². The van der Waals surface area contributed by atoms with E-state index in [9.17, 15) is 4.79 Å². The van der Waals surface area contributed by atoms with Crippen LogP contribution < -0.4 is 5.32 Å². The van der Waals surface area contributed by atoms with E-state index in [0.717, 1.165) is 11.1 Å². The summed E-state index contributed by atoms with van der Waals surface area (Å²) in [6.45, 7) is 1.90. The molecule has 0 saturated heterocycles. The Labute approximate surface area is 136 Å². The lowest BCUT2D eigenvalue weighted by atomic mass is 10.1. The van der Waals surface area contributed by atoms with Crippen molar-refractivity contribution in [1.29, 1.82) is 0 Å². The quantitative estimate of drug-likeness (QED) is 0.622. The summed E-state index contributed by atoms with van der Waals surface area (Å²) in [4.78, 5) is 16.6. The van der Waals surface area contributed by atoms with Crippen molar-refractivity contribution in [3.05, 3.63) is 60.4 Å². The number of hydrogen-bond acceptors (Lipinski definition) is 6. The molecule has 1 aromatic carbocycles. The topological polar surface area (TPSA) is 98.2 Å². The summed E-state index contributed by atoms with van der Waals surface area (Å²) in [5.41, 5.74) is 2.91. The summed E-state index contributed by atoms with van der Waals surface area (Å²) in [6.07, 6.45) is 3.00. The number of fused-ring (bicyclic) bond motifs is 1. The fourth-order valence-corrected chi connectivity index (χ4v) is 2.37. The van der Waals surface area contributed by atoms with E-state index in [2.05, 4.69) is 25.7 Å². The minimum Gasteiger partial charge on any atom is -0.342 e. The minimum absolute atomic E-state index is 0.218. The highest BCUT2D eigenvalue weighted by atomic mass is 16.5. The van der Waals surface area contributed by atoms with E-state index in [0.29, 0.717) is 17.2 Å². The SMILES string of the molecule is Cc1ccc(-c2ncon2)cc1NC(=O)c1nnc2ccccn12. The monoisotopic (exact) mass is 320 g/mol. The van der Waals surface area contributed by atoms with Crippen molar-refractivity contribution in [2.24, 2.45) is 0 Å². The van der Waals surface area contributed by atoms with Gasteiger partial charge in [-0.05, 0) is 30.7 Å². The lowest BCUT2D eigenvalue weighted by Gasteiger charge is -2.08. The summed E-state index contributed by atoms with van der Waals surface area (Å²) in [7, 11) is 0. The molecule has 1 amide bonds. The Kier molecular flexibility index (Phi) is 3.27. The molecule has 4 aromatic rings. The van der Waals surface area contributed by atoms with Crippen LogP contribution in [0.1, 0.15) is 16.2 Å². The summed E-state index contributed by atoms with van der Waals surface area (Å²) in [6, 6.07) is 11.0. The normalized spacial score (nSPS) is 10.9. The van der Waals surface area contributed by atoms with E-state index in [1.165, 1.54) is 6.39 Å². The highest BCUT2D eigenvalue weighted by Crippen LogP contribution is 2.23. The summed E-state index contributed by atoms with van der Waals surface area (Å²) in [5.74, 6) is 0.329. The predicted molar refractivity (Wildman–Crippen MR) is 85.4 cm³/mol. The molecule has 0 bridgehead atoms. The van der Waals surface area contributed by atoms with Gasteiger partial charge in [-0.15, -0.1) is 10.2 Å². The van der Waals surface area contributed by atoms with Gasteiger partial charge in [0.1, 0.15) is 0 Å². The van der Waals surface area contributed by atoms with Gasteiger partial charge in [-0.3, -0.25) is 9.20 Å². The van der Waals surface area contributed by atoms with Crippen LogP contribution in [0.2, 0.25) is 0 Å². The van der Waals surface area contributed by atoms with Gasteiger partial charge in [-0.1, -0.05) is 23.4 Å². The molecule has 0 aliphatic heterocycles. The number of pyridine rings is 1. The molecule has 0 unspecified atom stereocenters. The first-order valence-electron chi connectivity index (χ1n) is 7.21. The number of aryl methyl sites for hydroxylation is 1. The molecular weight excluding hydrogens is 308 g/mol. The molecule has 0 radical (unpaired) electrons. The predicted octanol–water partition coefficient (Wildman–Crippen LogP) is 2.34. The first-order valence-corrected chi connectivity index (χ1v) is 7.21. The van der Waals surface area contributed by atoms with E-state index < -0.39 is 0 Å². The van der Waals surface area contributed by atoms with Gasteiger partial charge in [0.05, 0.1) is 0 Å². The molecule has 1 N–H and O–H groups in total. The second-order valence-corrected chi connectivity index (χ2v) is 5.19. The van der Waals surface area contributed by atoms with Gasteiger partial charge >= 0.3 is 0 Å². The molecule has 3 aromatic heterocycles. The van der Waals surface area contributed by atoms with Crippen molar-refractivity contribution in [3.63, 3.8) is 0 Å². The Bertz CT molecular complexity index is 1020. The third-order valence-corrected chi connectivity index (χ3v) is 3.62. The Balaban J connectivity index is 1.67. The van der Waals surface area contributed by atoms with Gasteiger partial charge in [-0.25, -0.2) is 0 Å². The zero-order valence-corrected chi connectivity index (χ0v) is 12.7. The summed E-state index contributed by atoms with van der Waals surface area (Å²) in [5, 5.41) is 14.6. The second-order valence-electron chi connectivity index (χ2n) is 5.19. The van der Waals surface area contributed by atoms with Gasteiger partial charge in [0, 0.05) is 17.4 Å². The first kappa shape index (κ1) is 14.1. The molecule has 8 heteroatoms. The molecule has 0 atom stereocenters. The van der Waals surface area contributed by atoms with Crippen LogP contribution >= 0.6 is 0 Å². The second kappa shape index (κ2) is 5.58. The minimum atomic E-state index is -0.345. The summed E-state index contributed by atoms with van der Waals surface area (Å²) >= 11 is 0. The molecule has 8 nitrogen and oxygen atoms in total. The first-order chi connectivity index (χ1) is 11.7. The Morgan fingerprint density at radius 1 is 1.21 bits per heavy atom. The molecule has 4 rings (SSSR count). The Morgan fingerprint density at radius 2 is 2.12 bits per heavy atom.